The van der Waals surface area contributed by atoms with Crippen LogP contribution in [0.25, 0.3) is 0 Å². The van der Waals surface area contributed by atoms with Crippen molar-refractivity contribution in [1.29, 1.82) is 0 Å². The average Bonchev–Trinajstić information content (AvgIpc) is 3.25. The second kappa shape index (κ2) is 11.3. The first-order chi connectivity index (χ1) is 15.4. The van der Waals surface area contributed by atoms with E-state index in [0.717, 1.165) is 17.0 Å². The molecule has 0 saturated carbocycles. The summed E-state index contributed by atoms with van der Waals surface area (Å²) < 4.78 is 5.17. The molecule has 2 amide bonds. The second-order valence-electron chi connectivity index (χ2n) is 7.58. The fourth-order valence-electron chi connectivity index (χ4n) is 3.08. The summed E-state index contributed by atoms with van der Waals surface area (Å²) in [5.74, 6) is 0.486. The summed E-state index contributed by atoms with van der Waals surface area (Å²) in [6, 6.07) is 17.3. The zero-order chi connectivity index (χ0) is 22.9. The van der Waals surface area contributed by atoms with Crippen LogP contribution in [-0.4, -0.2) is 41.4 Å². The largest absolute Gasteiger partial charge is 0.497 e. The van der Waals surface area contributed by atoms with Gasteiger partial charge >= 0.3 is 0 Å². The van der Waals surface area contributed by atoms with Crippen LogP contribution in [0, 0.1) is 0 Å². The lowest BCUT2D eigenvalue weighted by atomic mass is 10.2. The Labute approximate surface area is 192 Å². The maximum absolute atomic E-state index is 13.2. The van der Waals surface area contributed by atoms with E-state index < -0.39 is 0 Å². The van der Waals surface area contributed by atoms with Crippen molar-refractivity contribution in [2.45, 2.75) is 32.9 Å². The molecular formula is C24H28N4O3S. The predicted octanol–water partition coefficient (Wildman–Crippen LogP) is 4.45. The zero-order valence-corrected chi connectivity index (χ0v) is 19.3. The van der Waals surface area contributed by atoms with Gasteiger partial charge in [0.1, 0.15) is 11.4 Å². The molecule has 2 aromatic carbocycles. The average molecular weight is 453 g/mol. The molecule has 32 heavy (non-hydrogen) atoms. The highest BCUT2D eigenvalue weighted by atomic mass is 32.1. The van der Waals surface area contributed by atoms with Gasteiger partial charge in [0.05, 0.1) is 7.11 Å². The molecule has 8 heteroatoms. The molecule has 0 aliphatic rings. The number of nitrogens with one attached hydrogen (secondary N) is 2. The quantitative estimate of drug-likeness (QED) is 0.475. The van der Waals surface area contributed by atoms with Crippen LogP contribution in [0.4, 0.5) is 10.8 Å². The molecule has 0 radical (unpaired) electrons. The van der Waals surface area contributed by atoms with E-state index in [2.05, 4.69) is 15.6 Å². The number of aromatic nitrogens is 1. The van der Waals surface area contributed by atoms with E-state index in [9.17, 15) is 9.59 Å². The van der Waals surface area contributed by atoms with Crippen LogP contribution in [0.2, 0.25) is 0 Å². The van der Waals surface area contributed by atoms with Crippen molar-refractivity contribution in [2.24, 2.45) is 0 Å². The lowest BCUT2D eigenvalue weighted by Gasteiger charge is -2.22. The van der Waals surface area contributed by atoms with E-state index in [-0.39, 0.29) is 24.3 Å². The number of anilines is 2. The summed E-state index contributed by atoms with van der Waals surface area (Å²) in [6.07, 6.45) is 0.234. The molecule has 3 rings (SSSR count). The third kappa shape index (κ3) is 6.81. The number of nitrogens with zero attached hydrogens (tertiary/aromatic N) is 2. The third-order valence-electron chi connectivity index (χ3n) is 4.63. The van der Waals surface area contributed by atoms with Crippen molar-refractivity contribution in [3.05, 3.63) is 71.2 Å². The van der Waals surface area contributed by atoms with Gasteiger partial charge in [-0.2, -0.15) is 0 Å². The van der Waals surface area contributed by atoms with Crippen molar-refractivity contribution in [3.8, 4) is 5.75 Å². The number of methoxy groups -OCH3 is 1. The van der Waals surface area contributed by atoms with Gasteiger partial charge in [-0.3, -0.25) is 9.59 Å². The molecule has 2 N–H and O–H groups in total. The van der Waals surface area contributed by atoms with Gasteiger partial charge in [0.2, 0.25) is 5.91 Å². The smallest absolute Gasteiger partial charge is 0.273 e. The molecule has 0 saturated heterocycles. The molecule has 7 nitrogen and oxygen atoms in total. The topological polar surface area (TPSA) is 83.6 Å². The van der Waals surface area contributed by atoms with Crippen LogP contribution < -0.4 is 15.4 Å². The lowest BCUT2D eigenvalue weighted by Crippen LogP contribution is -2.36. The fraction of sp³-hybridized carbons (Fsp3) is 0.292. The molecule has 168 valence electrons. The Morgan fingerprint density at radius 2 is 1.81 bits per heavy atom. The number of thiazole rings is 1. The van der Waals surface area contributed by atoms with Crippen LogP contribution in [0.5, 0.6) is 5.75 Å². The first kappa shape index (κ1) is 23.3. The Hall–Kier alpha value is -3.39. The standard InChI is InChI=1S/C24H28N4O3S/c1-17(2)25-22(29)13-14-28(15-18-7-5-4-6-8-18)23(30)21-16-32-24(27-21)26-19-9-11-20(31-3)12-10-19/h4-12,16-17H,13-15H2,1-3H3,(H,25,29)(H,26,27). The maximum Gasteiger partial charge on any atom is 0.273 e. The highest BCUT2D eigenvalue weighted by molar-refractivity contribution is 7.14. The third-order valence-corrected chi connectivity index (χ3v) is 5.38. The Balaban J connectivity index is 1.70. The number of carbonyl (C=O) groups excluding carboxylic acids is 2. The van der Waals surface area contributed by atoms with Crippen molar-refractivity contribution in [1.82, 2.24) is 15.2 Å². The van der Waals surface area contributed by atoms with Gasteiger partial charge in [0.25, 0.3) is 5.91 Å². The molecule has 0 unspecified atom stereocenters. The highest BCUT2D eigenvalue weighted by Crippen LogP contribution is 2.24. The van der Waals surface area contributed by atoms with Crippen LogP contribution in [-0.2, 0) is 11.3 Å². The first-order valence-electron chi connectivity index (χ1n) is 10.4. The summed E-state index contributed by atoms with van der Waals surface area (Å²) in [6.45, 7) is 4.55. The number of rotatable bonds is 10. The Morgan fingerprint density at radius 1 is 1.09 bits per heavy atom. The normalized spacial score (nSPS) is 10.6. The highest BCUT2D eigenvalue weighted by Gasteiger charge is 2.20. The van der Waals surface area contributed by atoms with Crippen molar-refractivity contribution >= 4 is 34.0 Å². The Morgan fingerprint density at radius 3 is 2.47 bits per heavy atom. The maximum atomic E-state index is 13.2. The number of amides is 2. The van der Waals surface area contributed by atoms with E-state index >= 15 is 0 Å². The number of ether oxygens (including phenoxy) is 1. The van der Waals surface area contributed by atoms with Crippen molar-refractivity contribution in [3.63, 3.8) is 0 Å². The summed E-state index contributed by atoms with van der Waals surface area (Å²) in [5.41, 5.74) is 2.20. The SMILES string of the molecule is COc1ccc(Nc2nc(C(=O)N(CCC(=O)NC(C)C)Cc3ccccc3)cs2)cc1. The summed E-state index contributed by atoms with van der Waals surface area (Å²) >= 11 is 1.36. The molecule has 0 aliphatic heterocycles. The summed E-state index contributed by atoms with van der Waals surface area (Å²) in [5, 5.41) is 8.44. The minimum absolute atomic E-state index is 0.0610. The van der Waals surface area contributed by atoms with Crippen LogP contribution in [0.3, 0.4) is 0 Å². The monoisotopic (exact) mass is 452 g/mol. The van der Waals surface area contributed by atoms with E-state index in [1.165, 1.54) is 11.3 Å². The molecular weight excluding hydrogens is 424 g/mol. The van der Waals surface area contributed by atoms with E-state index in [4.69, 9.17) is 4.74 Å². The van der Waals surface area contributed by atoms with Gasteiger partial charge in [0.15, 0.2) is 5.13 Å². The van der Waals surface area contributed by atoms with E-state index in [1.807, 2.05) is 68.4 Å². The van der Waals surface area contributed by atoms with E-state index in [0.29, 0.717) is 23.9 Å². The fourth-order valence-corrected chi connectivity index (χ4v) is 3.78. The minimum Gasteiger partial charge on any atom is -0.497 e. The van der Waals surface area contributed by atoms with Gasteiger partial charge in [-0.15, -0.1) is 11.3 Å². The van der Waals surface area contributed by atoms with E-state index in [1.54, 1.807) is 17.4 Å². The molecule has 1 aromatic heterocycles. The van der Waals surface area contributed by atoms with Gasteiger partial charge in [-0.05, 0) is 43.7 Å². The van der Waals surface area contributed by atoms with Crippen LogP contribution >= 0.6 is 11.3 Å². The lowest BCUT2D eigenvalue weighted by molar-refractivity contribution is -0.121. The van der Waals surface area contributed by atoms with Gasteiger partial charge in [-0.25, -0.2) is 4.98 Å². The number of hydrogen-bond donors (Lipinski definition) is 2. The summed E-state index contributed by atoms with van der Waals surface area (Å²) in [4.78, 5) is 31.5. The predicted molar refractivity (Wildman–Crippen MR) is 127 cm³/mol. The second-order valence-corrected chi connectivity index (χ2v) is 8.43. The number of carbonyl (C=O) groups is 2. The minimum atomic E-state index is -0.203. The van der Waals surface area contributed by atoms with Gasteiger partial charge in [-0.1, -0.05) is 30.3 Å². The molecule has 0 aliphatic carbocycles. The van der Waals surface area contributed by atoms with Gasteiger partial charge < -0.3 is 20.3 Å². The molecule has 0 bridgehead atoms. The van der Waals surface area contributed by atoms with Crippen LogP contribution in [0.15, 0.2) is 60.0 Å². The Kier molecular flexibility index (Phi) is 8.21. The molecule has 1 heterocycles. The first-order valence-corrected chi connectivity index (χ1v) is 11.3. The Bertz CT molecular complexity index is 1020. The van der Waals surface area contributed by atoms with Crippen molar-refractivity contribution < 1.29 is 14.3 Å². The van der Waals surface area contributed by atoms with Crippen molar-refractivity contribution in [2.75, 3.05) is 19.0 Å². The summed E-state index contributed by atoms with van der Waals surface area (Å²) in [7, 11) is 1.62. The number of benzene rings is 2. The molecule has 3 aromatic rings. The molecule has 0 fully saturated rings. The number of hydrogen-bond acceptors (Lipinski definition) is 6. The van der Waals surface area contributed by atoms with Gasteiger partial charge in [0, 0.05) is 36.6 Å². The zero-order valence-electron chi connectivity index (χ0n) is 18.5. The molecule has 0 atom stereocenters. The molecule has 0 spiro atoms. The van der Waals surface area contributed by atoms with Crippen LogP contribution in [0.1, 0.15) is 36.3 Å².